The first-order chi connectivity index (χ1) is 14.5. The summed E-state index contributed by atoms with van der Waals surface area (Å²) in [6.45, 7) is 6.93. The molecule has 170 valence electrons. The number of non-ortho nitro benzene ring substituents is 1. The second-order valence-electron chi connectivity index (χ2n) is 7.87. The molecule has 4 rings (SSSR count). The fourth-order valence-electron chi connectivity index (χ4n) is 3.93. The molecular weight excluding hydrogens is 447 g/mol. The van der Waals surface area contributed by atoms with E-state index in [1.54, 1.807) is 12.1 Å². The Bertz CT molecular complexity index is 1060. The zero-order valence-electron chi connectivity index (χ0n) is 18.2. The Labute approximate surface area is 201 Å². The lowest BCUT2D eigenvalue weighted by molar-refractivity contribution is -0.384. The first-order valence-electron chi connectivity index (χ1n) is 10.2. The third-order valence-electron chi connectivity index (χ3n) is 5.75. The van der Waals surface area contributed by atoms with Gasteiger partial charge in [0, 0.05) is 56.1 Å². The summed E-state index contributed by atoms with van der Waals surface area (Å²) in [5.74, 6) is 0. The number of halogens is 2. The fourth-order valence-corrected chi connectivity index (χ4v) is 3.93. The van der Waals surface area contributed by atoms with Gasteiger partial charge in [0.15, 0.2) is 0 Å². The van der Waals surface area contributed by atoms with E-state index in [9.17, 15) is 10.1 Å². The quantitative estimate of drug-likeness (QED) is 0.374. The summed E-state index contributed by atoms with van der Waals surface area (Å²) in [4.78, 5) is 20.7. The number of piperazine rings is 1. The standard InChI is InChI=1S/C24H26N4O2.2ClH/c1-18-23(17-27-13-11-26(2)12-14-27)22(20-9-6-10-21(15-20)28(29)30)16-24(25-18)19-7-4-3-5-8-19;;/h3-10,15-16H,11-14,17H2,1-2H3;2*1H. The van der Waals surface area contributed by atoms with E-state index in [-0.39, 0.29) is 35.4 Å². The average Bonchev–Trinajstić information content (AvgIpc) is 2.77. The van der Waals surface area contributed by atoms with Crippen molar-refractivity contribution in [2.45, 2.75) is 13.5 Å². The first kappa shape index (κ1) is 25.7. The number of likely N-dealkylation sites (N-methyl/N-ethyl adjacent to an activating group) is 1. The van der Waals surface area contributed by atoms with Gasteiger partial charge in [0.25, 0.3) is 5.69 Å². The molecule has 0 aliphatic carbocycles. The van der Waals surface area contributed by atoms with Crippen LogP contribution < -0.4 is 0 Å². The van der Waals surface area contributed by atoms with Crippen molar-refractivity contribution in [2.24, 2.45) is 0 Å². The summed E-state index contributed by atoms with van der Waals surface area (Å²) in [6, 6.07) is 19.0. The summed E-state index contributed by atoms with van der Waals surface area (Å²) in [6.07, 6.45) is 0. The summed E-state index contributed by atoms with van der Waals surface area (Å²) < 4.78 is 0. The molecule has 1 aliphatic rings. The molecule has 6 nitrogen and oxygen atoms in total. The van der Waals surface area contributed by atoms with Crippen LogP contribution in [0.25, 0.3) is 22.4 Å². The van der Waals surface area contributed by atoms with E-state index in [4.69, 9.17) is 4.98 Å². The summed E-state index contributed by atoms with van der Waals surface area (Å²) >= 11 is 0. The molecule has 0 atom stereocenters. The molecule has 1 saturated heterocycles. The largest absolute Gasteiger partial charge is 0.304 e. The average molecular weight is 475 g/mol. The maximum atomic E-state index is 11.4. The van der Waals surface area contributed by atoms with Crippen LogP contribution >= 0.6 is 24.8 Å². The van der Waals surface area contributed by atoms with Crippen LogP contribution in [0.2, 0.25) is 0 Å². The van der Waals surface area contributed by atoms with Gasteiger partial charge in [-0.15, -0.1) is 24.8 Å². The molecule has 32 heavy (non-hydrogen) atoms. The van der Waals surface area contributed by atoms with E-state index in [2.05, 4.69) is 22.9 Å². The van der Waals surface area contributed by atoms with E-state index in [0.717, 1.165) is 66.4 Å². The number of aryl methyl sites for hydroxylation is 1. The number of nitro benzene ring substituents is 1. The van der Waals surface area contributed by atoms with Gasteiger partial charge in [-0.2, -0.15) is 0 Å². The lowest BCUT2D eigenvalue weighted by Gasteiger charge is -2.33. The van der Waals surface area contributed by atoms with Crippen molar-refractivity contribution in [1.29, 1.82) is 0 Å². The Balaban J connectivity index is 0.00000181. The third-order valence-corrected chi connectivity index (χ3v) is 5.75. The summed E-state index contributed by atoms with van der Waals surface area (Å²) in [5, 5.41) is 11.4. The van der Waals surface area contributed by atoms with Crippen LogP contribution in [0, 0.1) is 17.0 Å². The van der Waals surface area contributed by atoms with Crippen molar-refractivity contribution in [1.82, 2.24) is 14.8 Å². The molecule has 0 unspecified atom stereocenters. The Hall–Kier alpha value is -2.51. The molecule has 1 aromatic heterocycles. The van der Waals surface area contributed by atoms with Crippen molar-refractivity contribution in [3.8, 4) is 22.4 Å². The van der Waals surface area contributed by atoms with Crippen LogP contribution in [0.15, 0.2) is 60.7 Å². The van der Waals surface area contributed by atoms with E-state index in [1.807, 2.05) is 43.3 Å². The van der Waals surface area contributed by atoms with Gasteiger partial charge in [0.05, 0.1) is 10.6 Å². The van der Waals surface area contributed by atoms with Crippen molar-refractivity contribution < 1.29 is 4.92 Å². The van der Waals surface area contributed by atoms with Gasteiger partial charge in [-0.25, -0.2) is 0 Å². The van der Waals surface area contributed by atoms with Crippen LogP contribution in [-0.2, 0) is 6.54 Å². The zero-order chi connectivity index (χ0) is 21.1. The minimum absolute atomic E-state index is 0. The van der Waals surface area contributed by atoms with E-state index >= 15 is 0 Å². The van der Waals surface area contributed by atoms with Crippen molar-refractivity contribution in [3.63, 3.8) is 0 Å². The van der Waals surface area contributed by atoms with Crippen LogP contribution in [0.4, 0.5) is 5.69 Å². The SMILES string of the molecule is Cc1nc(-c2ccccc2)cc(-c2cccc([N+](=O)[O-])c2)c1CN1CCN(C)CC1.Cl.Cl. The lowest BCUT2D eigenvalue weighted by Crippen LogP contribution is -2.44. The van der Waals surface area contributed by atoms with Crippen LogP contribution in [0.1, 0.15) is 11.3 Å². The van der Waals surface area contributed by atoms with Gasteiger partial charge in [0.2, 0.25) is 0 Å². The summed E-state index contributed by atoms with van der Waals surface area (Å²) in [5.41, 5.74) is 6.01. The van der Waals surface area contributed by atoms with Crippen LogP contribution in [-0.4, -0.2) is 52.9 Å². The Morgan fingerprint density at radius 3 is 2.25 bits per heavy atom. The fraction of sp³-hybridized carbons (Fsp3) is 0.292. The minimum atomic E-state index is -0.338. The van der Waals surface area contributed by atoms with E-state index in [1.165, 1.54) is 6.07 Å². The molecule has 8 heteroatoms. The predicted molar refractivity (Wildman–Crippen MR) is 134 cm³/mol. The predicted octanol–water partition coefficient (Wildman–Crippen LogP) is 5.22. The van der Waals surface area contributed by atoms with Crippen LogP contribution in [0.5, 0.6) is 0 Å². The topological polar surface area (TPSA) is 62.5 Å². The number of pyridine rings is 1. The lowest BCUT2D eigenvalue weighted by atomic mass is 9.95. The molecule has 0 radical (unpaired) electrons. The highest BCUT2D eigenvalue weighted by atomic mass is 35.5. The molecule has 0 saturated carbocycles. The Morgan fingerprint density at radius 2 is 1.59 bits per heavy atom. The highest BCUT2D eigenvalue weighted by Crippen LogP contribution is 2.33. The van der Waals surface area contributed by atoms with Gasteiger partial charge in [-0.3, -0.25) is 20.0 Å². The molecule has 0 amide bonds. The zero-order valence-corrected chi connectivity index (χ0v) is 19.9. The smallest absolute Gasteiger partial charge is 0.270 e. The number of nitrogens with zero attached hydrogens (tertiary/aromatic N) is 4. The van der Waals surface area contributed by atoms with Crippen molar-refractivity contribution >= 4 is 30.5 Å². The summed E-state index contributed by atoms with van der Waals surface area (Å²) in [7, 11) is 2.15. The maximum Gasteiger partial charge on any atom is 0.270 e. The number of hydrogen-bond donors (Lipinski definition) is 0. The molecule has 1 fully saturated rings. The van der Waals surface area contributed by atoms with Crippen LogP contribution in [0.3, 0.4) is 0 Å². The van der Waals surface area contributed by atoms with Gasteiger partial charge >= 0.3 is 0 Å². The molecular formula is C24H28Cl2N4O2. The molecule has 2 aromatic carbocycles. The highest BCUT2D eigenvalue weighted by Gasteiger charge is 2.20. The van der Waals surface area contributed by atoms with Crippen molar-refractivity contribution in [2.75, 3.05) is 33.2 Å². The van der Waals surface area contributed by atoms with E-state index < -0.39 is 0 Å². The number of benzene rings is 2. The maximum absolute atomic E-state index is 11.4. The molecule has 3 aromatic rings. The van der Waals surface area contributed by atoms with Gasteiger partial charge in [-0.05, 0) is 36.7 Å². The van der Waals surface area contributed by atoms with Crippen molar-refractivity contribution in [3.05, 3.63) is 82.0 Å². The molecule has 0 bridgehead atoms. The molecule has 2 heterocycles. The number of rotatable bonds is 5. The highest BCUT2D eigenvalue weighted by molar-refractivity contribution is 5.85. The van der Waals surface area contributed by atoms with Gasteiger partial charge in [0.1, 0.15) is 0 Å². The Morgan fingerprint density at radius 1 is 0.938 bits per heavy atom. The number of hydrogen-bond acceptors (Lipinski definition) is 5. The second kappa shape index (κ2) is 11.4. The third kappa shape index (κ3) is 5.84. The monoisotopic (exact) mass is 474 g/mol. The minimum Gasteiger partial charge on any atom is -0.304 e. The number of nitro groups is 1. The number of aromatic nitrogens is 1. The second-order valence-corrected chi connectivity index (χ2v) is 7.87. The Kier molecular flexibility index (Phi) is 9.16. The normalized spacial score (nSPS) is 14.3. The first-order valence-corrected chi connectivity index (χ1v) is 10.2. The molecule has 0 spiro atoms. The van der Waals surface area contributed by atoms with E-state index in [0.29, 0.717) is 0 Å². The van der Waals surface area contributed by atoms with Gasteiger partial charge < -0.3 is 4.90 Å². The molecule has 0 N–H and O–H groups in total. The van der Waals surface area contributed by atoms with Gasteiger partial charge in [-0.1, -0.05) is 42.5 Å². The molecule has 1 aliphatic heterocycles.